The molecular formula is C22H24O7. The van der Waals surface area contributed by atoms with Crippen molar-refractivity contribution < 1.29 is 33.5 Å². The Labute approximate surface area is 169 Å². The van der Waals surface area contributed by atoms with E-state index in [9.17, 15) is 5.11 Å². The highest BCUT2D eigenvalue weighted by molar-refractivity contribution is 5.86. The van der Waals surface area contributed by atoms with Gasteiger partial charge in [-0.1, -0.05) is 13.8 Å². The normalized spacial score (nSPS) is 25.8. The van der Waals surface area contributed by atoms with E-state index in [1.165, 1.54) is 14.2 Å². The number of hydrogen-bond donors (Lipinski definition) is 1. The van der Waals surface area contributed by atoms with Crippen LogP contribution in [0.5, 0.6) is 34.5 Å². The third-order valence-corrected chi connectivity index (χ3v) is 6.47. The van der Waals surface area contributed by atoms with Crippen molar-refractivity contribution >= 4 is 0 Å². The second kappa shape index (κ2) is 6.35. The summed E-state index contributed by atoms with van der Waals surface area (Å²) in [4.78, 5) is 0. The summed E-state index contributed by atoms with van der Waals surface area (Å²) < 4.78 is 34.8. The Kier molecular flexibility index (Phi) is 4.00. The predicted molar refractivity (Wildman–Crippen MR) is 104 cm³/mol. The summed E-state index contributed by atoms with van der Waals surface area (Å²) in [5.41, 5.74) is 3.47. The lowest BCUT2D eigenvalue weighted by molar-refractivity contribution is 0.0300. The van der Waals surface area contributed by atoms with Crippen molar-refractivity contribution in [3.05, 3.63) is 23.3 Å². The largest absolute Gasteiger partial charge is 0.502 e. The van der Waals surface area contributed by atoms with Crippen LogP contribution < -0.4 is 23.7 Å². The highest BCUT2D eigenvalue weighted by Crippen LogP contribution is 2.63. The zero-order valence-corrected chi connectivity index (χ0v) is 17.1. The molecule has 7 nitrogen and oxygen atoms in total. The first-order valence-electron chi connectivity index (χ1n) is 9.65. The fraction of sp³-hybridized carbons (Fsp3) is 0.455. The number of ether oxygens (including phenoxy) is 6. The molecule has 0 spiro atoms. The second-order valence-corrected chi connectivity index (χ2v) is 7.73. The van der Waals surface area contributed by atoms with Gasteiger partial charge in [0.1, 0.15) is 0 Å². The minimum atomic E-state index is -0.245. The van der Waals surface area contributed by atoms with Crippen LogP contribution in [0, 0.1) is 11.8 Å². The van der Waals surface area contributed by atoms with E-state index in [4.69, 9.17) is 28.4 Å². The summed E-state index contributed by atoms with van der Waals surface area (Å²) in [7, 11) is 4.67. The van der Waals surface area contributed by atoms with E-state index in [-0.39, 0.29) is 36.6 Å². The minimum Gasteiger partial charge on any atom is -0.502 e. The highest BCUT2D eigenvalue weighted by Gasteiger charge is 2.48. The zero-order chi connectivity index (χ0) is 20.4. The van der Waals surface area contributed by atoms with E-state index < -0.39 is 0 Å². The molecule has 5 rings (SSSR count). The van der Waals surface area contributed by atoms with Crippen LogP contribution >= 0.6 is 0 Å². The minimum absolute atomic E-state index is 0.0381. The molecule has 4 atom stereocenters. The van der Waals surface area contributed by atoms with Gasteiger partial charge in [-0.25, -0.2) is 0 Å². The summed E-state index contributed by atoms with van der Waals surface area (Å²) in [6, 6.07) is 3.80. The van der Waals surface area contributed by atoms with Crippen molar-refractivity contribution in [3.63, 3.8) is 0 Å². The van der Waals surface area contributed by atoms with Gasteiger partial charge in [0.05, 0.1) is 33.5 Å². The molecule has 1 N–H and O–H groups in total. The zero-order valence-electron chi connectivity index (χ0n) is 17.1. The number of methoxy groups -OCH3 is 3. The van der Waals surface area contributed by atoms with Crippen molar-refractivity contribution in [2.24, 2.45) is 11.8 Å². The van der Waals surface area contributed by atoms with Crippen LogP contribution in [0.25, 0.3) is 11.1 Å². The molecular weight excluding hydrogens is 376 g/mol. The van der Waals surface area contributed by atoms with Crippen LogP contribution in [-0.4, -0.2) is 33.2 Å². The Balaban J connectivity index is 1.93. The summed E-state index contributed by atoms with van der Waals surface area (Å²) in [6.45, 7) is 4.48. The standard InChI is InChI=1S/C22H24O7/c1-9-10(2)19-16-11(6-13(24-3)17(23)21(16)25-4)15-12(18(9)29-19)7-14-20(22(15)26-5)28-8-27-14/h6-7,9-10,18-19,23H,8H2,1-5H3/t9-,10-,18-,19+/m0/s1. The van der Waals surface area contributed by atoms with Crippen LogP contribution in [0.3, 0.4) is 0 Å². The molecule has 0 saturated carbocycles. The Morgan fingerprint density at radius 1 is 0.931 bits per heavy atom. The van der Waals surface area contributed by atoms with E-state index >= 15 is 0 Å². The average molecular weight is 400 g/mol. The molecule has 2 aromatic carbocycles. The summed E-state index contributed by atoms with van der Waals surface area (Å²) in [5.74, 6) is 2.90. The third kappa shape index (κ3) is 2.28. The van der Waals surface area contributed by atoms with Gasteiger partial charge in [-0.05, 0) is 35.1 Å². The maximum absolute atomic E-state index is 10.8. The molecule has 7 heteroatoms. The monoisotopic (exact) mass is 400 g/mol. The number of aromatic hydroxyl groups is 1. The maximum atomic E-state index is 10.8. The number of rotatable bonds is 3. The lowest BCUT2D eigenvalue weighted by Crippen LogP contribution is -2.15. The molecule has 3 aliphatic heterocycles. The van der Waals surface area contributed by atoms with Crippen molar-refractivity contribution in [2.45, 2.75) is 26.1 Å². The van der Waals surface area contributed by atoms with Crippen molar-refractivity contribution in [1.29, 1.82) is 0 Å². The molecule has 0 aromatic heterocycles. The van der Waals surface area contributed by atoms with E-state index in [0.29, 0.717) is 28.7 Å². The summed E-state index contributed by atoms with van der Waals surface area (Å²) >= 11 is 0. The Bertz CT molecular complexity index is 1000. The molecule has 2 bridgehead atoms. The van der Waals surface area contributed by atoms with Crippen molar-refractivity contribution in [1.82, 2.24) is 0 Å². The molecule has 0 aliphatic carbocycles. The van der Waals surface area contributed by atoms with Crippen LogP contribution in [0.4, 0.5) is 0 Å². The lowest BCUT2D eigenvalue weighted by Gasteiger charge is -2.27. The fourth-order valence-electron chi connectivity index (χ4n) is 4.86. The van der Waals surface area contributed by atoms with Gasteiger partial charge in [-0.2, -0.15) is 0 Å². The van der Waals surface area contributed by atoms with E-state index in [0.717, 1.165) is 22.3 Å². The first-order valence-corrected chi connectivity index (χ1v) is 9.65. The van der Waals surface area contributed by atoms with Gasteiger partial charge in [0.25, 0.3) is 0 Å². The first kappa shape index (κ1) is 18.2. The van der Waals surface area contributed by atoms with Crippen LogP contribution in [0.1, 0.15) is 37.2 Å². The van der Waals surface area contributed by atoms with E-state index in [1.807, 2.05) is 12.1 Å². The van der Waals surface area contributed by atoms with Gasteiger partial charge in [0.15, 0.2) is 23.0 Å². The Hall–Kier alpha value is -2.80. The second-order valence-electron chi connectivity index (χ2n) is 7.73. The predicted octanol–water partition coefficient (Wildman–Crippen LogP) is 4.21. The lowest BCUT2D eigenvalue weighted by atomic mass is 9.77. The fourth-order valence-corrected chi connectivity index (χ4v) is 4.86. The maximum Gasteiger partial charge on any atom is 0.231 e. The highest BCUT2D eigenvalue weighted by atomic mass is 16.7. The molecule has 3 aliphatic rings. The van der Waals surface area contributed by atoms with Gasteiger partial charge in [-0.3, -0.25) is 0 Å². The Morgan fingerprint density at radius 3 is 2.34 bits per heavy atom. The smallest absolute Gasteiger partial charge is 0.231 e. The molecule has 2 aromatic rings. The first-order chi connectivity index (χ1) is 14.0. The molecule has 1 saturated heterocycles. The van der Waals surface area contributed by atoms with Crippen LogP contribution in [0.2, 0.25) is 0 Å². The molecule has 0 radical (unpaired) electrons. The van der Waals surface area contributed by atoms with Gasteiger partial charge in [0, 0.05) is 11.1 Å². The van der Waals surface area contributed by atoms with Crippen molar-refractivity contribution in [3.8, 4) is 45.6 Å². The molecule has 0 unspecified atom stereocenters. The summed E-state index contributed by atoms with van der Waals surface area (Å²) in [5, 5.41) is 10.8. The average Bonchev–Trinajstić information content (AvgIpc) is 3.27. The summed E-state index contributed by atoms with van der Waals surface area (Å²) in [6.07, 6.45) is -0.399. The number of fused-ring (bicyclic) bond motifs is 8. The topological polar surface area (TPSA) is 75.6 Å². The Morgan fingerprint density at radius 2 is 1.66 bits per heavy atom. The SMILES string of the molecule is COc1cc2c(c(OC)c1O)[C@@H]1O[C@H](c3cc4c(c(OC)c3-2)OCO4)[C@@H](C)[C@@H]1C. The van der Waals surface area contributed by atoms with Crippen LogP contribution in [-0.2, 0) is 4.74 Å². The number of benzene rings is 2. The molecule has 154 valence electrons. The van der Waals surface area contributed by atoms with Crippen molar-refractivity contribution in [2.75, 3.05) is 28.1 Å². The van der Waals surface area contributed by atoms with Gasteiger partial charge >= 0.3 is 0 Å². The van der Waals surface area contributed by atoms with Gasteiger partial charge in [0.2, 0.25) is 18.3 Å². The van der Waals surface area contributed by atoms with Gasteiger partial charge < -0.3 is 33.5 Å². The van der Waals surface area contributed by atoms with Crippen LogP contribution in [0.15, 0.2) is 12.1 Å². The number of hydrogen-bond acceptors (Lipinski definition) is 7. The molecule has 1 fully saturated rings. The molecule has 3 heterocycles. The van der Waals surface area contributed by atoms with E-state index in [2.05, 4.69) is 13.8 Å². The number of phenolic OH excluding ortho intramolecular Hbond substituents is 1. The number of phenols is 1. The quantitative estimate of drug-likeness (QED) is 0.827. The van der Waals surface area contributed by atoms with Gasteiger partial charge in [-0.15, -0.1) is 0 Å². The molecule has 0 amide bonds. The molecule has 29 heavy (non-hydrogen) atoms. The third-order valence-electron chi connectivity index (χ3n) is 6.47. The van der Waals surface area contributed by atoms with E-state index in [1.54, 1.807) is 7.11 Å².